The first-order valence-corrected chi connectivity index (χ1v) is 7.30. The van der Waals surface area contributed by atoms with Crippen molar-refractivity contribution in [1.82, 2.24) is 20.4 Å². The zero-order valence-electron chi connectivity index (χ0n) is 12.5. The van der Waals surface area contributed by atoms with Gasteiger partial charge in [-0.2, -0.15) is 15.5 Å². The summed E-state index contributed by atoms with van der Waals surface area (Å²) in [5, 5.41) is 27.8. The van der Waals surface area contributed by atoms with Crippen LogP contribution in [0.15, 0.2) is 12.3 Å². The van der Waals surface area contributed by atoms with Gasteiger partial charge in [-0.1, -0.05) is 13.8 Å². The van der Waals surface area contributed by atoms with E-state index in [9.17, 15) is 5.26 Å². The molecule has 6 heteroatoms. The number of nitriles is 1. The van der Waals surface area contributed by atoms with Crippen LogP contribution in [0, 0.1) is 11.3 Å². The van der Waals surface area contributed by atoms with E-state index in [1.54, 1.807) is 6.20 Å². The predicted octanol–water partition coefficient (Wildman–Crippen LogP) is 2.24. The van der Waals surface area contributed by atoms with Crippen molar-refractivity contribution in [3.8, 4) is 6.07 Å². The van der Waals surface area contributed by atoms with E-state index in [4.69, 9.17) is 0 Å². The standard InChI is InChI=1S/C15H20N6/c1-3-12-13(10-16)15(21-20-14(12)4-2)17-8-5-6-11-7-9-18-19-11/h7,9H,3-6,8H2,1-2H3,(H,17,21)(H,18,19). The molecule has 6 nitrogen and oxygen atoms in total. The van der Waals surface area contributed by atoms with E-state index in [1.807, 2.05) is 19.9 Å². The second-order valence-electron chi connectivity index (χ2n) is 4.78. The molecular weight excluding hydrogens is 264 g/mol. The third-order valence-electron chi connectivity index (χ3n) is 3.43. The van der Waals surface area contributed by atoms with E-state index in [2.05, 4.69) is 31.8 Å². The van der Waals surface area contributed by atoms with Crippen molar-refractivity contribution in [3.63, 3.8) is 0 Å². The maximum Gasteiger partial charge on any atom is 0.166 e. The number of anilines is 1. The van der Waals surface area contributed by atoms with Crippen LogP contribution in [0.4, 0.5) is 5.82 Å². The van der Waals surface area contributed by atoms with E-state index in [-0.39, 0.29) is 0 Å². The predicted molar refractivity (Wildman–Crippen MR) is 80.9 cm³/mol. The summed E-state index contributed by atoms with van der Waals surface area (Å²) in [7, 11) is 0. The molecule has 0 saturated heterocycles. The van der Waals surface area contributed by atoms with Crippen molar-refractivity contribution >= 4 is 5.82 Å². The van der Waals surface area contributed by atoms with Crippen LogP contribution >= 0.6 is 0 Å². The Bertz CT molecular complexity index is 612. The number of hydrogen-bond acceptors (Lipinski definition) is 5. The molecule has 0 aliphatic rings. The molecule has 0 fully saturated rings. The summed E-state index contributed by atoms with van der Waals surface area (Å²) in [6.07, 6.45) is 5.19. The summed E-state index contributed by atoms with van der Waals surface area (Å²) in [5.74, 6) is 0.594. The number of aromatic nitrogens is 4. The van der Waals surface area contributed by atoms with Gasteiger partial charge in [-0.25, -0.2) is 0 Å². The summed E-state index contributed by atoms with van der Waals surface area (Å²) in [6, 6.07) is 4.23. The van der Waals surface area contributed by atoms with Gasteiger partial charge >= 0.3 is 0 Å². The highest BCUT2D eigenvalue weighted by Gasteiger charge is 2.13. The van der Waals surface area contributed by atoms with E-state index in [0.717, 1.165) is 49.2 Å². The summed E-state index contributed by atoms with van der Waals surface area (Å²) in [5.41, 5.74) is 3.66. The molecule has 0 atom stereocenters. The van der Waals surface area contributed by atoms with Crippen LogP contribution in [0.2, 0.25) is 0 Å². The highest BCUT2D eigenvalue weighted by Crippen LogP contribution is 2.19. The molecule has 0 aromatic carbocycles. The topological polar surface area (TPSA) is 90.3 Å². The fourth-order valence-electron chi connectivity index (χ4n) is 2.33. The lowest BCUT2D eigenvalue weighted by Crippen LogP contribution is -2.11. The van der Waals surface area contributed by atoms with Gasteiger partial charge in [-0.05, 0) is 37.3 Å². The van der Waals surface area contributed by atoms with Gasteiger partial charge in [-0.3, -0.25) is 5.10 Å². The van der Waals surface area contributed by atoms with Crippen molar-refractivity contribution in [2.45, 2.75) is 39.5 Å². The quantitative estimate of drug-likeness (QED) is 0.761. The van der Waals surface area contributed by atoms with Gasteiger partial charge in [-0.15, -0.1) is 5.10 Å². The highest BCUT2D eigenvalue weighted by molar-refractivity contribution is 5.56. The number of hydrogen-bond donors (Lipinski definition) is 2. The lowest BCUT2D eigenvalue weighted by Gasteiger charge is -2.11. The van der Waals surface area contributed by atoms with Crippen molar-refractivity contribution in [1.29, 1.82) is 5.26 Å². The molecule has 0 aliphatic heterocycles. The molecule has 2 N–H and O–H groups in total. The molecule has 0 saturated carbocycles. The fourth-order valence-corrected chi connectivity index (χ4v) is 2.33. The van der Waals surface area contributed by atoms with Crippen LogP contribution in [0.1, 0.15) is 42.8 Å². The smallest absolute Gasteiger partial charge is 0.166 e. The zero-order chi connectivity index (χ0) is 15.1. The Labute approximate surface area is 124 Å². The number of nitrogens with one attached hydrogen (secondary N) is 2. The van der Waals surface area contributed by atoms with Gasteiger partial charge in [0.1, 0.15) is 11.6 Å². The molecule has 2 aromatic heterocycles. The third-order valence-corrected chi connectivity index (χ3v) is 3.43. The SMILES string of the molecule is CCc1nnc(NCCCc2ccn[nH]2)c(C#N)c1CC. The second-order valence-corrected chi connectivity index (χ2v) is 4.78. The Morgan fingerprint density at radius 2 is 2.14 bits per heavy atom. The molecule has 0 radical (unpaired) electrons. The molecule has 0 bridgehead atoms. The summed E-state index contributed by atoms with van der Waals surface area (Å²) < 4.78 is 0. The Kier molecular flexibility index (Phi) is 5.27. The van der Waals surface area contributed by atoms with Gasteiger partial charge in [0.25, 0.3) is 0 Å². The number of aromatic amines is 1. The normalized spacial score (nSPS) is 10.3. The molecule has 0 unspecified atom stereocenters. The first-order valence-electron chi connectivity index (χ1n) is 7.30. The molecule has 110 valence electrons. The van der Waals surface area contributed by atoms with Gasteiger partial charge in [0.2, 0.25) is 0 Å². The van der Waals surface area contributed by atoms with Crippen molar-refractivity contribution in [3.05, 3.63) is 34.8 Å². The minimum absolute atomic E-state index is 0.594. The summed E-state index contributed by atoms with van der Waals surface area (Å²) >= 11 is 0. The van der Waals surface area contributed by atoms with Crippen molar-refractivity contribution < 1.29 is 0 Å². The van der Waals surface area contributed by atoms with Gasteiger partial charge in [0, 0.05) is 18.4 Å². The number of aryl methyl sites for hydroxylation is 2. The van der Waals surface area contributed by atoms with Gasteiger partial charge in [0.05, 0.1) is 5.69 Å². The molecular formula is C15H20N6. The van der Waals surface area contributed by atoms with Crippen molar-refractivity contribution in [2.24, 2.45) is 0 Å². The summed E-state index contributed by atoms with van der Waals surface area (Å²) in [6.45, 7) is 4.82. The molecule has 0 amide bonds. The van der Waals surface area contributed by atoms with Gasteiger partial charge < -0.3 is 5.32 Å². The van der Waals surface area contributed by atoms with E-state index in [0.29, 0.717) is 11.4 Å². The molecule has 21 heavy (non-hydrogen) atoms. The third kappa shape index (κ3) is 3.57. The van der Waals surface area contributed by atoms with E-state index in [1.165, 1.54) is 0 Å². The van der Waals surface area contributed by atoms with Crippen LogP contribution in [-0.4, -0.2) is 26.9 Å². The molecule has 2 rings (SSSR count). The first-order chi connectivity index (χ1) is 10.3. The number of rotatable bonds is 7. The second kappa shape index (κ2) is 7.39. The van der Waals surface area contributed by atoms with Crippen LogP contribution in [0.5, 0.6) is 0 Å². The Hall–Kier alpha value is -2.42. The van der Waals surface area contributed by atoms with Crippen LogP contribution in [0.25, 0.3) is 0 Å². The Morgan fingerprint density at radius 1 is 1.29 bits per heavy atom. The molecule has 2 aromatic rings. The molecule has 2 heterocycles. The summed E-state index contributed by atoms with van der Waals surface area (Å²) in [4.78, 5) is 0. The van der Waals surface area contributed by atoms with E-state index < -0.39 is 0 Å². The Morgan fingerprint density at radius 3 is 2.76 bits per heavy atom. The lowest BCUT2D eigenvalue weighted by molar-refractivity contribution is 0.813. The Balaban J connectivity index is 2.01. The highest BCUT2D eigenvalue weighted by atomic mass is 15.2. The zero-order valence-corrected chi connectivity index (χ0v) is 12.5. The monoisotopic (exact) mass is 284 g/mol. The largest absolute Gasteiger partial charge is 0.367 e. The van der Waals surface area contributed by atoms with Crippen molar-refractivity contribution in [2.75, 3.05) is 11.9 Å². The number of nitrogens with zero attached hydrogens (tertiary/aromatic N) is 4. The minimum atomic E-state index is 0.594. The average Bonchev–Trinajstić information content (AvgIpc) is 3.03. The van der Waals surface area contributed by atoms with Crippen LogP contribution in [-0.2, 0) is 19.3 Å². The lowest BCUT2D eigenvalue weighted by atomic mass is 10.0. The maximum absolute atomic E-state index is 9.39. The first kappa shape index (κ1) is 15.0. The van der Waals surface area contributed by atoms with Crippen LogP contribution in [0.3, 0.4) is 0 Å². The van der Waals surface area contributed by atoms with E-state index >= 15 is 0 Å². The molecule has 0 spiro atoms. The maximum atomic E-state index is 9.39. The van der Waals surface area contributed by atoms with Crippen LogP contribution < -0.4 is 5.32 Å². The minimum Gasteiger partial charge on any atom is -0.367 e. The number of H-pyrrole nitrogens is 1. The fraction of sp³-hybridized carbons (Fsp3) is 0.467. The van der Waals surface area contributed by atoms with Gasteiger partial charge in [0.15, 0.2) is 5.82 Å². The average molecular weight is 284 g/mol. The molecule has 0 aliphatic carbocycles.